The standard InChI is InChI=1S/C9H3F4S/c10-7-4-8-5(1-2-14-8)3-6(7)9(11,12)13/h2-4H. The molecule has 0 fully saturated rings. The van der Waals surface area contributed by atoms with Crippen LogP contribution < -0.4 is 0 Å². The van der Waals surface area contributed by atoms with Crippen LogP contribution >= 0.6 is 11.3 Å². The highest BCUT2D eigenvalue weighted by molar-refractivity contribution is 7.17. The van der Waals surface area contributed by atoms with E-state index < -0.39 is 17.6 Å². The van der Waals surface area contributed by atoms with Crippen LogP contribution in [0.5, 0.6) is 0 Å². The van der Waals surface area contributed by atoms with E-state index in [4.69, 9.17) is 0 Å². The molecule has 14 heavy (non-hydrogen) atoms. The van der Waals surface area contributed by atoms with Crippen molar-refractivity contribution in [2.45, 2.75) is 6.18 Å². The minimum atomic E-state index is -4.64. The van der Waals surface area contributed by atoms with Gasteiger partial charge in [-0.2, -0.15) is 13.2 Å². The maximum absolute atomic E-state index is 13.0. The molecule has 1 heterocycles. The zero-order valence-electron chi connectivity index (χ0n) is 6.65. The minimum absolute atomic E-state index is 0.295. The molecule has 0 spiro atoms. The Hall–Kier alpha value is -1.10. The molecule has 0 aliphatic rings. The van der Waals surface area contributed by atoms with Gasteiger partial charge in [0.2, 0.25) is 0 Å². The highest BCUT2D eigenvalue weighted by Gasteiger charge is 2.34. The van der Waals surface area contributed by atoms with Gasteiger partial charge in [-0.25, -0.2) is 4.39 Å². The highest BCUT2D eigenvalue weighted by Crippen LogP contribution is 2.34. The minimum Gasteiger partial charge on any atom is -0.206 e. The molecule has 0 atom stereocenters. The Morgan fingerprint density at radius 2 is 1.93 bits per heavy atom. The van der Waals surface area contributed by atoms with E-state index in [-0.39, 0.29) is 0 Å². The first kappa shape index (κ1) is 9.45. The van der Waals surface area contributed by atoms with E-state index >= 15 is 0 Å². The van der Waals surface area contributed by atoms with Gasteiger partial charge in [0.05, 0.1) is 5.56 Å². The molecule has 0 aliphatic heterocycles. The number of hydrogen-bond donors (Lipinski definition) is 0. The first-order chi connectivity index (χ1) is 6.48. The molecular weight excluding hydrogens is 216 g/mol. The van der Waals surface area contributed by atoms with Crippen LogP contribution in [0.25, 0.3) is 10.1 Å². The maximum atomic E-state index is 13.0. The molecule has 1 radical (unpaired) electrons. The highest BCUT2D eigenvalue weighted by atomic mass is 32.1. The number of benzene rings is 1. The molecule has 1 aromatic carbocycles. The van der Waals surface area contributed by atoms with E-state index in [1.165, 1.54) is 5.38 Å². The lowest BCUT2D eigenvalue weighted by atomic mass is 10.1. The van der Waals surface area contributed by atoms with E-state index in [0.717, 1.165) is 23.5 Å². The zero-order valence-corrected chi connectivity index (χ0v) is 7.47. The molecule has 5 heteroatoms. The van der Waals surface area contributed by atoms with Gasteiger partial charge in [-0.15, -0.1) is 11.3 Å². The largest absolute Gasteiger partial charge is 0.419 e. The van der Waals surface area contributed by atoms with Crippen LogP contribution in [0.1, 0.15) is 5.56 Å². The molecule has 0 aliphatic carbocycles. The monoisotopic (exact) mass is 219 g/mol. The van der Waals surface area contributed by atoms with Crippen LogP contribution in [0.3, 0.4) is 0 Å². The zero-order chi connectivity index (χ0) is 10.3. The third-order valence-electron chi connectivity index (χ3n) is 1.77. The molecule has 0 N–H and O–H groups in total. The van der Waals surface area contributed by atoms with Crippen molar-refractivity contribution in [3.63, 3.8) is 0 Å². The van der Waals surface area contributed by atoms with E-state index in [0.29, 0.717) is 10.1 Å². The lowest BCUT2D eigenvalue weighted by molar-refractivity contribution is -0.139. The molecule has 2 rings (SSSR count). The Morgan fingerprint density at radius 3 is 2.57 bits per heavy atom. The SMILES string of the molecule is Fc1cc2sc[c]c2cc1C(F)(F)F. The molecule has 1 aromatic heterocycles. The number of halogens is 4. The fraction of sp³-hybridized carbons (Fsp3) is 0.111. The third kappa shape index (κ3) is 1.48. The van der Waals surface area contributed by atoms with Gasteiger partial charge in [0, 0.05) is 16.2 Å². The Kier molecular flexibility index (Phi) is 1.99. The number of hydrogen-bond acceptors (Lipinski definition) is 1. The number of alkyl halides is 3. The van der Waals surface area contributed by atoms with Gasteiger partial charge in [-0.1, -0.05) is 0 Å². The summed E-state index contributed by atoms with van der Waals surface area (Å²) < 4.78 is 50.1. The summed E-state index contributed by atoms with van der Waals surface area (Å²) in [5.74, 6) is -1.24. The van der Waals surface area contributed by atoms with Crippen molar-refractivity contribution >= 4 is 21.4 Å². The normalized spacial score (nSPS) is 12.3. The van der Waals surface area contributed by atoms with Crippen molar-refractivity contribution in [2.24, 2.45) is 0 Å². The first-order valence-corrected chi connectivity index (χ1v) is 4.52. The van der Waals surface area contributed by atoms with Gasteiger partial charge in [0.1, 0.15) is 5.82 Å². The summed E-state index contributed by atoms with van der Waals surface area (Å²) >= 11 is 1.16. The molecule has 0 unspecified atom stereocenters. The van der Waals surface area contributed by atoms with Crippen LogP contribution in [-0.4, -0.2) is 0 Å². The predicted molar refractivity (Wildman–Crippen MR) is 45.6 cm³/mol. The van der Waals surface area contributed by atoms with Crippen LogP contribution in [0.2, 0.25) is 0 Å². The summed E-state index contributed by atoms with van der Waals surface area (Å²) in [6.45, 7) is 0. The second-order valence-corrected chi connectivity index (χ2v) is 3.62. The van der Waals surface area contributed by atoms with Crippen molar-refractivity contribution in [2.75, 3.05) is 0 Å². The van der Waals surface area contributed by atoms with E-state index in [9.17, 15) is 17.6 Å². The topological polar surface area (TPSA) is 0 Å². The fourth-order valence-electron chi connectivity index (χ4n) is 1.14. The number of fused-ring (bicyclic) bond motifs is 1. The fourth-order valence-corrected chi connectivity index (χ4v) is 1.87. The summed E-state index contributed by atoms with van der Waals surface area (Å²) in [5.41, 5.74) is -1.24. The second-order valence-electron chi connectivity index (χ2n) is 2.71. The van der Waals surface area contributed by atoms with Crippen molar-refractivity contribution < 1.29 is 17.6 Å². The van der Waals surface area contributed by atoms with Gasteiger partial charge in [0.25, 0.3) is 0 Å². The summed E-state index contributed by atoms with van der Waals surface area (Å²) in [6, 6.07) is 4.28. The number of rotatable bonds is 0. The molecule has 2 aromatic rings. The lowest BCUT2D eigenvalue weighted by Crippen LogP contribution is -2.07. The average molecular weight is 219 g/mol. The number of thiophene rings is 1. The third-order valence-corrected chi connectivity index (χ3v) is 2.60. The first-order valence-electron chi connectivity index (χ1n) is 3.64. The second kappa shape index (κ2) is 2.95. The molecule has 0 saturated heterocycles. The lowest BCUT2D eigenvalue weighted by Gasteiger charge is -2.07. The Labute approximate surface area is 80.8 Å². The van der Waals surface area contributed by atoms with Gasteiger partial charge in [0.15, 0.2) is 0 Å². The van der Waals surface area contributed by atoms with Crippen LogP contribution in [0, 0.1) is 11.9 Å². The summed E-state index contributed by atoms with van der Waals surface area (Å²) in [7, 11) is 0. The Morgan fingerprint density at radius 1 is 1.21 bits per heavy atom. The predicted octanol–water partition coefficient (Wildman–Crippen LogP) is 3.86. The van der Waals surface area contributed by atoms with Crippen molar-refractivity contribution in [3.8, 4) is 0 Å². The van der Waals surface area contributed by atoms with Gasteiger partial charge in [-0.3, -0.25) is 0 Å². The molecule has 0 saturated carbocycles. The van der Waals surface area contributed by atoms with Gasteiger partial charge < -0.3 is 0 Å². The molecule has 0 bridgehead atoms. The van der Waals surface area contributed by atoms with E-state index in [1.807, 2.05) is 0 Å². The van der Waals surface area contributed by atoms with Gasteiger partial charge in [-0.05, 0) is 17.5 Å². The van der Waals surface area contributed by atoms with Crippen molar-refractivity contribution in [1.29, 1.82) is 0 Å². The summed E-state index contributed by atoms with van der Waals surface area (Å²) in [5, 5.41) is 1.80. The van der Waals surface area contributed by atoms with Crippen molar-refractivity contribution in [3.05, 3.63) is 35.0 Å². The van der Waals surface area contributed by atoms with Crippen LogP contribution in [0.4, 0.5) is 17.6 Å². The quantitative estimate of drug-likeness (QED) is 0.590. The molecule has 73 valence electrons. The molecule has 0 nitrogen and oxygen atoms in total. The average Bonchev–Trinajstić information content (AvgIpc) is 2.47. The Balaban J connectivity index is 2.71. The molecule has 0 amide bonds. The van der Waals surface area contributed by atoms with Crippen LogP contribution in [-0.2, 0) is 6.18 Å². The van der Waals surface area contributed by atoms with Crippen molar-refractivity contribution in [1.82, 2.24) is 0 Å². The van der Waals surface area contributed by atoms with E-state index in [2.05, 4.69) is 6.07 Å². The molecular formula is C9H3F4S. The smallest absolute Gasteiger partial charge is 0.206 e. The van der Waals surface area contributed by atoms with Gasteiger partial charge >= 0.3 is 6.18 Å². The van der Waals surface area contributed by atoms with E-state index in [1.54, 1.807) is 0 Å². The maximum Gasteiger partial charge on any atom is 0.419 e. The Bertz CT molecular complexity index is 469. The summed E-state index contributed by atoms with van der Waals surface area (Å²) in [6.07, 6.45) is -4.64. The summed E-state index contributed by atoms with van der Waals surface area (Å²) in [4.78, 5) is 0. The van der Waals surface area contributed by atoms with Crippen LogP contribution in [0.15, 0.2) is 17.5 Å².